The van der Waals surface area contributed by atoms with Crippen LogP contribution in [0.1, 0.15) is 0 Å². The maximum atomic E-state index is 12.3. The van der Waals surface area contributed by atoms with Crippen LogP contribution in [-0.4, -0.2) is 20.4 Å². The highest BCUT2D eigenvalue weighted by atomic mass is 32.2. The minimum Gasteiger partial charge on any atom is -0.383 e. The lowest BCUT2D eigenvalue weighted by Gasteiger charge is -2.09. The second kappa shape index (κ2) is 5.47. The van der Waals surface area contributed by atoms with Gasteiger partial charge in [-0.3, -0.25) is 14.8 Å². The topological polar surface area (TPSA) is 101 Å². The number of benzene rings is 1. The van der Waals surface area contributed by atoms with Gasteiger partial charge in [-0.05, 0) is 23.6 Å². The van der Waals surface area contributed by atoms with Crippen molar-refractivity contribution in [3.05, 3.63) is 45.1 Å². The largest absolute Gasteiger partial charge is 0.383 e. The molecule has 0 amide bonds. The fourth-order valence-corrected chi connectivity index (χ4v) is 3.57. The number of para-hydroxylation sites is 1. The molecule has 0 bridgehead atoms. The molecule has 0 aliphatic heterocycles. The van der Waals surface area contributed by atoms with Gasteiger partial charge in [0.15, 0.2) is 4.90 Å². The van der Waals surface area contributed by atoms with E-state index in [1.807, 2.05) is 0 Å². The summed E-state index contributed by atoms with van der Waals surface area (Å²) in [7, 11) is -2.53. The molecule has 0 atom stereocenters. The number of hydrogen-bond acceptors (Lipinski definition) is 6. The lowest BCUT2D eigenvalue weighted by molar-refractivity contribution is -0.386. The van der Waals surface area contributed by atoms with E-state index in [1.54, 1.807) is 16.8 Å². The van der Waals surface area contributed by atoms with Gasteiger partial charge in [-0.25, -0.2) is 8.42 Å². The molecule has 0 aliphatic carbocycles. The Morgan fingerprint density at radius 1 is 1.30 bits per heavy atom. The number of nitrogens with one attached hydrogen (secondary N) is 2. The molecule has 1 aromatic carbocycles. The molecule has 0 fully saturated rings. The monoisotopic (exact) mass is 313 g/mol. The van der Waals surface area contributed by atoms with Crippen LogP contribution in [0.4, 0.5) is 17.1 Å². The Bertz CT molecular complexity index is 726. The average Bonchev–Trinajstić information content (AvgIpc) is 2.89. The maximum absolute atomic E-state index is 12.3. The van der Waals surface area contributed by atoms with E-state index >= 15 is 0 Å². The molecule has 1 aromatic heterocycles. The predicted molar refractivity (Wildman–Crippen MR) is 77.8 cm³/mol. The van der Waals surface area contributed by atoms with Gasteiger partial charge in [-0.2, -0.15) is 11.3 Å². The van der Waals surface area contributed by atoms with Gasteiger partial charge < -0.3 is 5.32 Å². The van der Waals surface area contributed by atoms with Crippen LogP contribution in [-0.2, 0) is 10.0 Å². The van der Waals surface area contributed by atoms with E-state index in [4.69, 9.17) is 0 Å². The molecule has 0 unspecified atom stereocenters. The summed E-state index contributed by atoms with van der Waals surface area (Å²) in [5, 5.41) is 17.0. The Hall–Kier alpha value is -2.13. The zero-order chi connectivity index (χ0) is 14.8. The fourth-order valence-electron chi connectivity index (χ4n) is 1.66. The van der Waals surface area contributed by atoms with Gasteiger partial charge in [0.2, 0.25) is 0 Å². The standard InChI is InChI=1S/C11H11N3O4S2/c1-12-9-3-2-4-10(11(9)14(15)16)20(17,18)13-8-5-6-19-7-8/h2-7,12-13H,1H3. The molecular formula is C11H11N3O4S2. The molecule has 2 rings (SSSR count). The SMILES string of the molecule is CNc1cccc(S(=O)(=O)Nc2ccsc2)c1[N+](=O)[O-]. The third kappa shape index (κ3) is 2.73. The van der Waals surface area contributed by atoms with Gasteiger partial charge in [0.05, 0.1) is 10.6 Å². The average molecular weight is 313 g/mol. The van der Waals surface area contributed by atoms with Crippen LogP contribution in [0.25, 0.3) is 0 Å². The summed E-state index contributed by atoms with van der Waals surface area (Å²) in [5.74, 6) is 0. The minimum absolute atomic E-state index is 0.142. The number of hydrogen-bond donors (Lipinski definition) is 2. The predicted octanol–water partition coefficient (Wildman–Crippen LogP) is 2.50. The van der Waals surface area contributed by atoms with Crippen LogP contribution in [0.15, 0.2) is 39.9 Å². The Morgan fingerprint density at radius 2 is 2.05 bits per heavy atom. The first-order valence-electron chi connectivity index (χ1n) is 5.46. The van der Waals surface area contributed by atoms with Crippen molar-refractivity contribution in [3.8, 4) is 0 Å². The van der Waals surface area contributed by atoms with Crippen LogP contribution < -0.4 is 10.0 Å². The summed E-state index contributed by atoms with van der Waals surface area (Å²) >= 11 is 1.32. The lowest BCUT2D eigenvalue weighted by Crippen LogP contribution is -2.15. The van der Waals surface area contributed by atoms with E-state index in [0.29, 0.717) is 5.69 Å². The molecule has 0 saturated heterocycles. The van der Waals surface area contributed by atoms with Crippen molar-refractivity contribution in [1.82, 2.24) is 0 Å². The van der Waals surface area contributed by atoms with Gasteiger partial charge in [-0.1, -0.05) is 6.07 Å². The highest BCUT2D eigenvalue weighted by Crippen LogP contribution is 2.32. The molecule has 0 spiro atoms. The molecular weight excluding hydrogens is 302 g/mol. The fraction of sp³-hybridized carbons (Fsp3) is 0.0909. The Balaban J connectivity index is 2.54. The summed E-state index contributed by atoms with van der Waals surface area (Å²) in [5.41, 5.74) is 0.0417. The zero-order valence-electron chi connectivity index (χ0n) is 10.4. The van der Waals surface area contributed by atoms with Crippen molar-refractivity contribution in [1.29, 1.82) is 0 Å². The van der Waals surface area contributed by atoms with Gasteiger partial charge in [0, 0.05) is 12.4 Å². The minimum atomic E-state index is -4.02. The highest BCUT2D eigenvalue weighted by molar-refractivity contribution is 7.92. The molecule has 0 saturated carbocycles. The quantitative estimate of drug-likeness (QED) is 0.652. The van der Waals surface area contributed by atoms with Crippen LogP contribution in [0.2, 0.25) is 0 Å². The van der Waals surface area contributed by atoms with Crippen molar-refractivity contribution >= 4 is 38.4 Å². The molecule has 1 heterocycles. The van der Waals surface area contributed by atoms with E-state index < -0.39 is 20.6 Å². The van der Waals surface area contributed by atoms with E-state index in [1.165, 1.54) is 36.6 Å². The molecule has 20 heavy (non-hydrogen) atoms. The van der Waals surface area contributed by atoms with Crippen LogP contribution in [0.5, 0.6) is 0 Å². The van der Waals surface area contributed by atoms with Crippen LogP contribution in [0, 0.1) is 10.1 Å². The second-order valence-electron chi connectivity index (χ2n) is 3.78. The lowest BCUT2D eigenvalue weighted by atomic mass is 10.3. The van der Waals surface area contributed by atoms with Gasteiger partial charge in [0.25, 0.3) is 10.0 Å². The normalized spacial score (nSPS) is 11.1. The van der Waals surface area contributed by atoms with Crippen molar-refractivity contribution in [2.24, 2.45) is 0 Å². The smallest absolute Gasteiger partial charge is 0.312 e. The molecule has 106 valence electrons. The molecule has 0 radical (unpaired) electrons. The molecule has 7 nitrogen and oxygen atoms in total. The number of anilines is 2. The zero-order valence-corrected chi connectivity index (χ0v) is 12.0. The molecule has 2 N–H and O–H groups in total. The molecule has 9 heteroatoms. The van der Waals surface area contributed by atoms with Crippen molar-refractivity contribution in [3.63, 3.8) is 0 Å². The van der Waals surface area contributed by atoms with E-state index in [2.05, 4.69) is 10.0 Å². The van der Waals surface area contributed by atoms with Crippen LogP contribution >= 0.6 is 11.3 Å². The molecule has 0 aliphatic rings. The summed E-state index contributed by atoms with van der Waals surface area (Å²) in [6.07, 6.45) is 0. The summed E-state index contributed by atoms with van der Waals surface area (Å²) in [4.78, 5) is 10.0. The number of sulfonamides is 1. The number of nitro groups is 1. The van der Waals surface area contributed by atoms with E-state index in [9.17, 15) is 18.5 Å². The number of thiophene rings is 1. The first-order valence-corrected chi connectivity index (χ1v) is 7.88. The number of rotatable bonds is 5. The summed E-state index contributed by atoms with van der Waals surface area (Å²) in [6.45, 7) is 0. The number of nitrogens with zero attached hydrogens (tertiary/aromatic N) is 1. The first kappa shape index (κ1) is 14.3. The third-order valence-electron chi connectivity index (χ3n) is 2.51. The van der Waals surface area contributed by atoms with Crippen molar-refractivity contribution in [2.45, 2.75) is 4.90 Å². The Kier molecular flexibility index (Phi) is 3.91. The van der Waals surface area contributed by atoms with Crippen LogP contribution in [0.3, 0.4) is 0 Å². The highest BCUT2D eigenvalue weighted by Gasteiger charge is 2.28. The van der Waals surface area contributed by atoms with Gasteiger partial charge >= 0.3 is 5.69 Å². The second-order valence-corrected chi connectivity index (χ2v) is 6.21. The van der Waals surface area contributed by atoms with E-state index in [0.717, 1.165) is 0 Å². The summed E-state index contributed by atoms with van der Waals surface area (Å²) in [6, 6.07) is 5.67. The maximum Gasteiger partial charge on any atom is 0.312 e. The Morgan fingerprint density at radius 3 is 2.60 bits per heavy atom. The Labute approximate surface area is 119 Å². The molecule has 2 aromatic rings. The first-order chi connectivity index (χ1) is 9.45. The van der Waals surface area contributed by atoms with Gasteiger partial charge in [-0.15, -0.1) is 0 Å². The number of nitro benzene ring substituents is 1. The van der Waals surface area contributed by atoms with Crippen molar-refractivity contribution < 1.29 is 13.3 Å². The van der Waals surface area contributed by atoms with E-state index in [-0.39, 0.29) is 10.6 Å². The summed E-state index contributed by atoms with van der Waals surface area (Å²) < 4.78 is 26.8. The van der Waals surface area contributed by atoms with Gasteiger partial charge in [0.1, 0.15) is 5.69 Å². The third-order valence-corrected chi connectivity index (χ3v) is 4.61. The van der Waals surface area contributed by atoms with Crippen molar-refractivity contribution in [2.75, 3.05) is 17.1 Å².